The lowest BCUT2D eigenvalue weighted by molar-refractivity contribution is 0.251. The molecule has 0 aliphatic heterocycles. The highest BCUT2D eigenvalue weighted by atomic mass is 32.1. The molecule has 0 saturated heterocycles. The Hall–Kier alpha value is -0.450. The van der Waals surface area contributed by atoms with E-state index in [2.05, 4.69) is 10.3 Å². The topological polar surface area (TPSA) is 45.2 Å². The van der Waals surface area contributed by atoms with Gasteiger partial charge < -0.3 is 10.4 Å². The highest BCUT2D eigenvalue weighted by Gasteiger charge is 2.00. The molecule has 1 heterocycles. The van der Waals surface area contributed by atoms with Crippen LogP contribution in [-0.4, -0.2) is 22.7 Å². The van der Waals surface area contributed by atoms with Crippen molar-refractivity contribution in [1.29, 1.82) is 0 Å². The van der Waals surface area contributed by atoms with E-state index in [0.717, 1.165) is 11.6 Å². The average Bonchev–Trinajstić information content (AvgIpc) is 2.47. The van der Waals surface area contributed by atoms with Gasteiger partial charge in [0, 0.05) is 23.7 Å². The summed E-state index contributed by atoms with van der Waals surface area (Å²) >= 11 is 1.68. The molecule has 0 aromatic carbocycles. The monoisotopic (exact) mass is 186 g/mol. The van der Waals surface area contributed by atoms with E-state index in [-0.39, 0.29) is 12.6 Å². The molecule has 3 nitrogen and oxygen atoms in total. The first kappa shape index (κ1) is 9.64. The van der Waals surface area contributed by atoms with Crippen molar-refractivity contribution in [2.75, 3.05) is 6.61 Å². The lowest BCUT2D eigenvalue weighted by Crippen LogP contribution is -2.28. The normalized spacial score (nSPS) is 13.2. The van der Waals surface area contributed by atoms with Crippen LogP contribution >= 0.6 is 11.3 Å². The van der Waals surface area contributed by atoms with Gasteiger partial charge in [0.25, 0.3) is 0 Å². The van der Waals surface area contributed by atoms with Crippen molar-refractivity contribution < 1.29 is 5.11 Å². The summed E-state index contributed by atoms with van der Waals surface area (Å²) in [4.78, 5) is 5.35. The fourth-order valence-corrected chi connectivity index (χ4v) is 1.57. The third-order valence-electron chi connectivity index (χ3n) is 1.57. The molecule has 0 fully saturated rings. The van der Waals surface area contributed by atoms with Crippen molar-refractivity contribution in [2.24, 2.45) is 0 Å². The number of aryl methyl sites for hydroxylation is 1. The highest BCUT2D eigenvalue weighted by molar-refractivity contribution is 7.11. The lowest BCUT2D eigenvalue weighted by atomic mass is 10.3. The fraction of sp³-hybridized carbons (Fsp3) is 0.625. The van der Waals surface area contributed by atoms with Crippen molar-refractivity contribution in [2.45, 2.75) is 26.4 Å². The van der Waals surface area contributed by atoms with E-state index in [0.29, 0.717) is 0 Å². The smallest absolute Gasteiger partial charge is 0.0897 e. The zero-order chi connectivity index (χ0) is 8.97. The second-order valence-electron chi connectivity index (χ2n) is 2.81. The molecule has 0 unspecified atom stereocenters. The van der Waals surface area contributed by atoms with Crippen molar-refractivity contribution in [3.63, 3.8) is 0 Å². The minimum atomic E-state index is 0.160. The van der Waals surface area contributed by atoms with E-state index in [4.69, 9.17) is 5.11 Å². The predicted molar refractivity (Wildman–Crippen MR) is 50.2 cm³/mol. The van der Waals surface area contributed by atoms with Crippen LogP contribution in [0.15, 0.2) is 6.20 Å². The number of aliphatic hydroxyl groups is 1. The van der Waals surface area contributed by atoms with Gasteiger partial charge >= 0.3 is 0 Å². The Kier molecular flexibility index (Phi) is 3.65. The largest absolute Gasteiger partial charge is 0.395 e. The van der Waals surface area contributed by atoms with Gasteiger partial charge in [-0.15, -0.1) is 11.3 Å². The average molecular weight is 186 g/mol. The van der Waals surface area contributed by atoms with Gasteiger partial charge in [0.1, 0.15) is 0 Å². The van der Waals surface area contributed by atoms with Crippen LogP contribution in [0, 0.1) is 6.92 Å². The summed E-state index contributed by atoms with van der Waals surface area (Å²) in [5, 5.41) is 13.0. The molecular formula is C8H14N2OS. The highest BCUT2D eigenvalue weighted by Crippen LogP contribution is 2.10. The SMILES string of the molecule is Cc1ncc(CN[C@H](C)CO)s1. The Labute approximate surface area is 76.5 Å². The molecule has 0 aliphatic carbocycles. The predicted octanol–water partition coefficient (Wildman–Crippen LogP) is 0.922. The Morgan fingerprint density at radius 2 is 2.50 bits per heavy atom. The number of nitrogens with one attached hydrogen (secondary N) is 1. The van der Waals surface area contributed by atoms with Crippen molar-refractivity contribution in [1.82, 2.24) is 10.3 Å². The van der Waals surface area contributed by atoms with Crippen LogP contribution in [-0.2, 0) is 6.54 Å². The first-order chi connectivity index (χ1) is 5.72. The zero-order valence-corrected chi connectivity index (χ0v) is 8.19. The summed E-state index contributed by atoms with van der Waals surface area (Å²) in [6.45, 7) is 4.92. The summed E-state index contributed by atoms with van der Waals surface area (Å²) in [5.74, 6) is 0. The Bertz CT molecular complexity index is 237. The maximum atomic E-state index is 8.74. The number of aliphatic hydroxyl groups excluding tert-OH is 1. The van der Waals surface area contributed by atoms with Crippen LogP contribution in [0.1, 0.15) is 16.8 Å². The first-order valence-corrected chi connectivity index (χ1v) is 4.79. The maximum Gasteiger partial charge on any atom is 0.0897 e. The zero-order valence-electron chi connectivity index (χ0n) is 7.37. The van der Waals surface area contributed by atoms with Gasteiger partial charge in [0.2, 0.25) is 0 Å². The molecule has 0 amide bonds. The maximum absolute atomic E-state index is 8.74. The Balaban J connectivity index is 2.33. The van der Waals surface area contributed by atoms with Crippen molar-refractivity contribution >= 4 is 11.3 Å². The third-order valence-corrected chi connectivity index (χ3v) is 2.48. The second kappa shape index (κ2) is 4.54. The summed E-state index contributed by atoms with van der Waals surface area (Å²) in [5.41, 5.74) is 0. The van der Waals surface area contributed by atoms with Crippen LogP contribution in [0.4, 0.5) is 0 Å². The molecule has 1 atom stereocenters. The van der Waals surface area contributed by atoms with Gasteiger partial charge in [-0.1, -0.05) is 0 Å². The number of aromatic nitrogens is 1. The van der Waals surface area contributed by atoms with E-state index in [9.17, 15) is 0 Å². The summed E-state index contributed by atoms with van der Waals surface area (Å²) in [6.07, 6.45) is 1.87. The number of hydrogen-bond acceptors (Lipinski definition) is 4. The van der Waals surface area contributed by atoms with Crippen LogP contribution < -0.4 is 5.32 Å². The number of rotatable bonds is 4. The molecule has 4 heteroatoms. The molecule has 1 aromatic heterocycles. The van der Waals surface area contributed by atoms with Gasteiger partial charge in [0.05, 0.1) is 11.6 Å². The van der Waals surface area contributed by atoms with E-state index in [1.807, 2.05) is 20.0 Å². The van der Waals surface area contributed by atoms with Crippen LogP contribution in [0.25, 0.3) is 0 Å². The quantitative estimate of drug-likeness (QED) is 0.735. The lowest BCUT2D eigenvalue weighted by Gasteiger charge is -2.08. The van der Waals surface area contributed by atoms with Crippen molar-refractivity contribution in [3.05, 3.63) is 16.1 Å². The molecule has 0 spiro atoms. The Morgan fingerprint density at radius 3 is 3.00 bits per heavy atom. The molecular weight excluding hydrogens is 172 g/mol. The van der Waals surface area contributed by atoms with E-state index >= 15 is 0 Å². The van der Waals surface area contributed by atoms with Gasteiger partial charge in [-0.3, -0.25) is 0 Å². The van der Waals surface area contributed by atoms with E-state index in [1.54, 1.807) is 11.3 Å². The summed E-state index contributed by atoms with van der Waals surface area (Å²) in [7, 11) is 0. The molecule has 68 valence electrons. The van der Waals surface area contributed by atoms with Gasteiger partial charge in [-0.2, -0.15) is 0 Å². The van der Waals surface area contributed by atoms with Gasteiger partial charge in [-0.05, 0) is 13.8 Å². The fourth-order valence-electron chi connectivity index (χ4n) is 0.826. The van der Waals surface area contributed by atoms with Crippen LogP contribution in [0.5, 0.6) is 0 Å². The first-order valence-electron chi connectivity index (χ1n) is 3.98. The van der Waals surface area contributed by atoms with E-state index < -0.39 is 0 Å². The van der Waals surface area contributed by atoms with E-state index in [1.165, 1.54) is 4.88 Å². The molecule has 2 N–H and O–H groups in total. The van der Waals surface area contributed by atoms with Crippen LogP contribution in [0.2, 0.25) is 0 Å². The number of nitrogens with zero attached hydrogens (tertiary/aromatic N) is 1. The van der Waals surface area contributed by atoms with Gasteiger partial charge in [0.15, 0.2) is 0 Å². The number of thiazole rings is 1. The van der Waals surface area contributed by atoms with Crippen molar-refractivity contribution in [3.8, 4) is 0 Å². The summed E-state index contributed by atoms with van der Waals surface area (Å²) in [6, 6.07) is 0.160. The van der Waals surface area contributed by atoms with Gasteiger partial charge in [-0.25, -0.2) is 4.98 Å². The molecule has 0 aliphatic rings. The third kappa shape index (κ3) is 2.89. The minimum absolute atomic E-state index is 0.160. The molecule has 0 saturated carbocycles. The molecule has 0 radical (unpaired) electrons. The molecule has 12 heavy (non-hydrogen) atoms. The number of hydrogen-bond donors (Lipinski definition) is 2. The van der Waals surface area contributed by atoms with Crippen LogP contribution in [0.3, 0.4) is 0 Å². The molecule has 1 rings (SSSR count). The molecule has 1 aromatic rings. The standard InChI is InChI=1S/C8H14N2OS/c1-6(5-11)9-3-8-4-10-7(2)12-8/h4,6,9,11H,3,5H2,1-2H3/t6-/m1/s1. The molecule has 0 bridgehead atoms. The minimum Gasteiger partial charge on any atom is -0.395 e. The Morgan fingerprint density at radius 1 is 1.75 bits per heavy atom. The summed E-state index contributed by atoms with van der Waals surface area (Å²) < 4.78 is 0. The second-order valence-corrected chi connectivity index (χ2v) is 4.13.